The quantitative estimate of drug-likeness (QED) is 0.478. The number of hydrogen-bond donors (Lipinski definition) is 1. The molecule has 0 radical (unpaired) electrons. The zero-order valence-electron chi connectivity index (χ0n) is 18.1. The van der Waals surface area contributed by atoms with Crippen LogP contribution in [0.25, 0.3) is 10.2 Å². The van der Waals surface area contributed by atoms with Gasteiger partial charge >= 0.3 is 5.69 Å². The molecule has 2 aromatic heterocycles. The summed E-state index contributed by atoms with van der Waals surface area (Å²) in [7, 11) is 1.55. The average Bonchev–Trinajstić information content (AvgIpc) is 3.48. The SMILES string of the molecule is COc1ccccc1Cn1c(=O)c2sccc2n(CC(=O)N[C@H]2CCc3ccccc32)c1=O. The van der Waals surface area contributed by atoms with Crippen molar-refractivity contribution in [1.82, 2.24) is 14.5 Å². The molecule has 0 saturated carbocycles. The molecule has 0 bridgehead atoms. The van der Waals surface area contributed by atoms with Crippen LogP contribution in [0.3, 0.4) is 0 Å². The number of thiophene rings is 1. The molecule has 4 aromatic rings. The van der Waals surface area contributed by atoms with E-state index in [4.69, 9.17) is 4.74 Å². The Morgan fingerprint density at radius 2 is 1.88 bits per heavy atom. The van der Waals surface area contributed by atoms with Gasteiger partial charge in [-0.1, -0.05) is 42.5 Å². The molecule has 1 aliphatic carbocycles. The summed E-state index contributed by atoms with van der Waals surface area (Å²) in [5.41, 5.74) is 2.68. The molecule has 1 aliphatic rings. The predicted molar refractivity (Wildman–Crippen MR) is 128 cm³/mol. The van der Waals surface area contributed by atoms with Crippen molar-refractivity contribution in [1.29, 1.82) is 0 Å². The summed E-state index contributed by atoms with van der Waals surface area (Å²) in [5, 5.41) is 4.83. The first-order valence-electron chi connectivity index (χ1n) is 10.8. The fourth-order valence-corrected chi connectivity index (χ4v) is 5.36. The maximum Gasteiger partial charge on any atom is 0.332 e. The normalized spacial score (nSPS) is 14.9. The summed E-state index contributed by atoms with van der Waals surface area (Å²) in [5.74, 6) is 0.341. The van der Waals surface area contributed by atoms with Gasteiger partial charge in [-0.3, -0.25) is 18.7 Å². The van der Waals surface area contributed by atoms with Gasteiger partial charge in [0, 0.05) is 5.56 Å². The van der Waals surface area contributed by atoms with Gasteiger partial charge in [-0.05, 0) is 41.5 Å². The molecule has 33 heavy (non-hydrogen) atoms. The molecule has 0 unspecified atom stereocenters. The Labute approximate surface area is 193 Å². The van der Waals surface area contributed by atoms with Crippen molar-refractivity contribution in [2.45, 2.75) is 32.0 Å². The lowest BCUT2D eigenvalue weighted by atomic mass is 10.1. The lowest BCUT2D eigenvalue weighted by Crippen LogP contribution is -2.42. The topological polar surface area (TPSA) is 82.3 Å². The maximum absolute atomic E-state index is 13.4. The number of carbonyl (C=O) groups is 1. The Hall–Kier alpha value is -3.65. The number of para-hydroxylation sites is 1. The van der Waals surface area contributed by atoms with Gasteiger partial charge in [0.05, 0.1) is 25.2 Å². The average molecular weight is 462 g/mol. The van der Waals surface area contributed by atoms with Gasteiger partial charge in [0.2, 0.25) is 5.91 Å². The maximum atomic E-state index is 13.4. The van der Waals surface area contributed by atoms with Crippen LogP contribution in [0.5, 0.6) is 5.75 Å². The van der Waals surface area contributed by atoms with E-state index in [1.165, 1.54) is 26.0 Å². The molecule has 1 atom stereocenters. The first kappa shape index (κ1) is 21.2. The van der Waals surface area contributed by atoms with Crippen LogP contribution in [0.1, 0.15) is 29.2 Å². The molecule has 7 nitrogen and oxygen atoms in total. The van der Waals surface area contributed by atoms with Crippen molar-refractivity contribution in [2.24, 2.45) is 0 Å². The van der Waals surface area contributed by atoms with E-state index in [2.05, 4.69) is 11.4 Å². The fraction of sp³-hybridized carbons (Fsp3) is 0.240. The van der Waals surface area contributed by atoms with Gasteiger partial charge in [0.1, 0.15) is 17.0 Å². The van der Waals surface area contributed by atoms with Gasteiger partial charge in [-0.15, -0.1) is 11.3 Å². The summed E-state index contributed by atoms with van der Waals surface area (Å²) < 4.78 is 8.39. The van der Waals surface area contributed by atoms with Crippen LogP contribution in [-0.4, -0.2) is 22.2 Å². The Bertz CT molecular complexity index is 1470. The molecule has 2 heterocycles. The van der Waals surface area contributed by atoms with E-state index >= 15 is 0 Å². The minimum absolute atomic E-state index is 0.0626. The van der Waals surface area contributed by atoms with Crippen LogP contribution >= 0.6 is 11.3 Å². The number of nitrogens with one attached hydrogen (secondary N) is 1. The van der Waals surface area contributed by atoms with Crippen LogP contribution in [-0.2, 0) is 24.3 Å². The number of carbonyl (C=O) groups excluding carboxylic acids is 1. The predicted octanol–water partition coefficient (Wildman–Crippen LogP) is 3.09. The summed E-state index contributed by atoms with van der Waals surface area (Å²) in [6.07, 6.45) is 1.75. The third-order valence-electron chi connectivity index (χ3n) is 6.13. The molecule has 5 rings (SSSR count). The fourth-order valence-electron chi connectivity index (χ4n) is 4.52. The van der Waals surface area contributed by atoms with E-state index in [9.17, 15) is 14.4 Å². The Balaban J connectivity index is 1.48. The minimum Gasteiger partial charge on any atom is -0.496 e. The van der Waals surface area contributed by atoms with Crippen molar-refractivity contribution in [3.8, 4) is 5.75 Å². The highest BCUT2D eigenvalue weighted by Crippen LogP contribution is 2.30. The van der Waals surface area contributed by atoms with Crippen molar-refractivity contribution in [2.75, 3.05) is 7.11 Å². The number of benzene rings is 2. The highest BCUT2D eigenvalue weighted by Gasteiger charge is 2.24. The standard InChI is InChI=1S/C25H23N3O4S/c1-32-21-9-5-3-7-17(21)14-28-24(30)23-20(12-13-33-23)27(25(28)31)15-22(29)26-19-11-10-16-6-2-4-8-18(16)19/h2-9,12-13,19H,10-11,14-15H2,1H3,(H,26,29)/t19-/m0/s1. The highest BCUT2D eigenvalue weighted by molar-refractivity contribution is 7.17. The molecule has 0 aliphatic heterocycles. The third kappa shape index (κ3) is 3.87. The number of rotatable bonds is 6. The van der Waals surface area contributed by atoms with Gasteiger partial charge in [0.15, 0.2) is 0 Å². The number of aromatic nitrogens is 2. The zero-order valence-corrected chi connectivity index (χ0v) is 18.9. The zero-order chi connectivity index (χ0) is 22.9. The van der Waals surface area contributed by atoms with Crippen LogP contribution in [0.4, 0.5) is 0 Å². The van der Waals surface area contributed by atoms with E-state index in [0.717, 1.165) is 18.4 Å². The van der Waals surface area contributed by atoms with Crippen molar-refractivity contribution in [3.63, 3.8) is 0 Å². The smallest absolute Gasteiger partial charge is 0.332 e. The van der Waals surface area contributed by atoms with Gasteiger partial charge in [-0.2, -0.15) is 0 Å². The van der Waals surface area contributed by atoms with Crippen LogP contribution in [0.2, 0.25) is 0 Å². The Morgan fingerprint density at radius 1 is 1.09 bits per heavy atom. The number of nitrogens with zero attached hydrogens (tertiary/aromatic N) is 2. The highest BCUT2D eigenvalue weighted by atomic mass is 32.1. The molecule has 0 spiro atoms. The summed E-state index contributed by atoms with van der Waals surface area (Å²) in [4.78, 5) is 39.4. The number of aryl methyl sites for hydroxylation is 1. The molecule has 0 saturated heterocycles. The Kier molecular flexibility index (Phi) is 5.60. The van der Waals surface area contributed by atoms with E-state index in [-0.39, 0.29) is 30.6 Å². The Morgan fingerprint density at radius 3 is 2.73 bits per heavy atom. The number of hydrogen-bond acceptors (Lipinski definition) is 5. The first-order valence-corrected chi connectivity index (χ1v) is 11.6. The van der Waals surface area contributed by atoms with E-state index < -0.39 is 5.69 Å². The molecule has 1 amide bonds. The summed E-state index contributed by atoms with van der Waals surface area (Å²) in [6, 6.07) is 17.0. The summed E-state index contributed by atoms with van der Waals surface area (Å²) in [6.45, 7) is -0.0932. The van der Waals surface area contributed by atoms with E-state index in [0.29, 0.717) is 21.5 Å². The van der Waals surface area contributed by atoms with Gasteiger partial charge < -0.3 is 10.1 Å². The number of ether oxygens (including phenoxy) is 1. The lowest BCUT2D eigenvalue weighted by Gasteiger charge is -2.16. The molecular formula is C25H23N3O4S. The molecule has 168 valence electrons. The van der Waals surface area contributed by atoms with Crippen LogP contribution < -0.4 is 21.3 Å². The summed E-state index contributed by atoms with van der Waals surface area (Å²) >= 11 is 1.27. The second-order valence-corrected chi connectivity index (χ2v) is 8.98. The van der Waals surface area contributed by atoms with E-state index in [1.54, 1.807) is 24.6 Å². The molecular weight excluding hydrogens is 438 g/mol. The van der Waals surface area contributed by atoms with Crippen LogP contribution in [0.15, 0.2) is 69.6 Å². The minimum atomic E-state index is -0.515. The lowest BCUT2D eigenvalue weighted by molar-refractivity contribution is -0.122. The number of amides is 1. The molecule has 1 N–H and O–H groups in total. The number of methoxy groups -OCH3 is 1. The molecule has 8 heteroatoms. The van der Waals surface area contributed by atoms with Gasteiger partial charge in [-0.25, -0.2) is 4.79 Å². The van der Waals surface area contributed by atoms with E-state index in [1.807, 2.05) is 36.4 Å². The van der Waals surface area contributed by atoms with Crippen molar-refractivity contribution in [3.05, 3.63) is 97.5 Å². The largest absolute Gasteiger partial charge is 0.496 e. The monoisotopic (exact) mass is 461 g/mol. The van der Waals surface area contributed by atoms with Gasteiger partial charge in [0.25, 0.3) is 5.56 Å². The third-order valence-corrected chi connectivity index (χ3v) is 7.02. The molecule has 2 aromatic carbocycles. The van der Waals surface area contributed by atoms with Crippen molar-refractivity contribution < 1.29 is 9.53 Å². The van der Waals surface area contributed by atoms with Crippen molar-refractivity contribution >= 4 is 27.5 Å². The van der Waals surface area contributed by atoms with Crippen LogP contribution in [0, 0.1) is 0 Å². The second kappa shape index (κ2) is 8.71. The molecule has 0 fully saturated rings. The number of fused-ring (bicyclic) bond motifs is 2. The first-order chi connectivity index (χ1) is 16.1. The second-order valence-electron chi connectivity index (χ2n) is 8.06.